The molecule has 136 valence electrons. The summed E-state index contributed by atoms with van der Waals surface area (Å²) in [5, 5.41) is 28.8. The molecule has 0 spiro atoms. The smallest absolute Gasteiger partial charge is 0.303 e. The fourth-order valence-electron chi connectivity index (χ4n) is 3.21. The van der Waals surface area contributed by atoms with Gasteiger partial charge in [0, 0.05) is 12.8 Å². The molecule has 4 atom stereocenters. The monoisotopic (exact) mass is 330 g/mol. The zero-order valence-electron chi connectivity index (χ0n) is 14.5. The van der Waals surface area contributed by atoms with Crippen molar-refractivity contribution < 1.29 is 24.9 Å². The third-order valence-electron chi connectivity index (χ3n) is 4.66. The first-order valence-corrected chi connectivity index (χ1v) is 9.28. The highest BCUT2D eigenvalue weighted by molar-refractivity contribution is 5.66. The number of ether oxygens (including phenoxy) is 1. The number of aliphatic carboxylic acids is 1. The first kappa shape index (κ1) is 20.4. The second-order valence-corrected chi connectivity index (χ2v) is 6.78. The van der Waals surface area contributed by atoms with E-state index in [1.165, 1.54) is 0 Å². The standard InChI is InChI=1S/C18H34O5/c1-2-3-7-11-16-15(20)13-17(23-16)14(19)10-8-5-4-6-9-12-18(21)22/h14-17,19-20H,2-13H2,1H3,(H,21,22). The lowest BCUT2D eigenvalue weighted by Crippen LogP contribution is -2.26. The second-order valence-electron chi connectivity index (χ2n) is 6.78. The van der Waals surface area contributed by atoms with Gasteiger partial charge in [-0.05, 0) is 19.3 Å². The van der Waals surface area contributed by atoms with E-state index in [4.69, 9.17) is 9.84 Å². The SMILES string of the molecule is CCCCCC1OC(C(O)CCCCCCCC(=O)O)CC1O. The number of carbonyl (C=O) groups is 1. The quantitative estimate of drug-likeness (QED) is 0.451. The van der Waals surface area contributed by atoms with E-state index in [0.717, 1.165) is 57.8 Å². The summed E-state index contributed by atoms with van der Waals surface area (Å²) in [5.41, 5.74) is 0. The zero-order chi connectivity index (χ0) is 17.1. The molecule has 0 aromatic rings. The maximum Gasteiger partial charge on any atom is 0.303 e. The summed E-state index contributed by atoms with van der Waals surface area (Å²) < 4.78 is 5.84. The third-order valence-corrected chi connectivity index (χ3v) is 4.66. The molecule has 1 aliphatic rings. The highest BCUT2D eigenvalue weighted by Gasteiger charge is 2.36. The first-order valence-electron chi connectivity index (χ1n) is 9.28. The van der Waals surface area contributed by atoms with Gasteiger partial charge in [0.15, 0.2) is 0 Å². The van der Waals surface area contributed by atoms with E-state index < -0.39 is 18.2 Å². The lowest BCUT2D eigenvalue weighted by atomic mass is 10.0. The van der Waals surface area contributed by atoms with Gasteiger partial charge in [0.05, 0.1) is 24.4 Å². The van der Waals surface area contributed by atoms with Crippen LogP contribution in [-0.2, 0) is 9.53 Å². The predicted molar refractivity (Wildman–Crippen MR) is 89.4 cm³/mol. The topological polar surface area (TPSA) is 87.0 Å². The number of aliphatic hydroxyl groups is 2. The lowest BCUT2D eigenvalue weighted by molar-refractivity contribution is -0.137. The van der Waals surface area contributed by atoms with E-state index in [9.17, 15) is 15.0 Å². The molecule has 0 aliphatic carbocycles. The van der Waals surface area contributed by atoms with Gasteiger partial charge in [0.1, 0.15) is 0 Å². The molecule has 1 saturated heterocycles. The van der Waals surface area contributed by atoms with E-state index in [-0.39, 0.29) is 18.6 Å². The fraction of sp³-hybridized carbons (Fsp3) is 0.944. The molecular weight excluding hydrogens is 296 g/mol. The molecule has 23 heavy (non-hydrogen) atoms. The van der Waals surface area contributed by atoms with Crippen LogP contribution in [0.2, 0.25) is 0 Å². The number of hydrogen-bond donors (Lipinski definition) is 3. The molecule has 5 heteroatoms. The van der Waals surface area contributed by atoms with Crippen molar-refractivity contribution in [2.45, 2.75) is 108 Å². The van der Waals surface area contributed by atoms with Crippen LogP contribution in [0.15, 0.2) is 0 Å². The summed E-state index contributed by atoms with van der Waals surface area (Å²) in [4.78, 5) is 10.4. The van der Waals surface area contributed by atoms with Gasteiger partial charge in [-0.15, -0.1) is 0 Å². The van der Waals surface area contributed by atoms with Gasteiger partial charge in [-0.3, -0.25) is 4.79 Å². The normalized spacial score (nSPS) is 25.6. The molecule has 1 heterocycles. The molecular formula is C18H34O5. The second kappa shape index (κ2) is 11.8. The Labute approximate surface area is 140 Å². The van der Waals surface area contributed by atoms with Crippen LogP contribution in [0.5, 0.6) is 0 Å². The summed E-state index contributed by atoms with van der Waals surface area (Å²) in [5.74, 6) is -0.731. The average molecular weight is 330 g/mol. The van der Waals surface area contributed by atoms with Crippen LogP contribution in [-0.4, -0.2) is 45.7 Å². The van der Waals surface area contributed by atoms with Crippen molar-refractivity contribution in [1.29, 1.82) is 0 Å². The Morgan fingerprint density at radius 1 is 1.13 bits per heavy atom. The van der Waals surface area contributed by atoms with Crippen molar-refractivity contribution in [3.8, 4) is 0 Å². The summed E-state index contributed by atoms with van der Waals surface area (Å²) in [6, 6.07) is 0. The third kappa shape index (κ3) is 8.68. The van der Waals surface area contributed by atoms with E-state index in [0.29, 0.717) is 12.8 Å². The number of hydrogen-bond acceptors (Lipinski definition) is 4. The predicted octanol–water partition coefficient (Wildman–Crippen LogP) is 3.26. The van der Waals surface area contributed by atoms with Crippen molar-refractivity contribution in [1.82, 2.24) is 0 Å². The minimum absolute atomic E-state index is 0.114. The number of carboxylic acid groups (broad SMARTS) is 1. The number of carboxylic acids is 1. The van der Waals surface area contributed by atoms with Crippen LogP contribution in [0.1, 0.15) is 84.0 Å². The molecule has 4 unspecified atom stereocenters. The van der Waals surface area contributed by atoms with Crippen molar-refractivity contribution in [3.63, 3.8) is 0 Å². The maximum absolute atomic E-state index is 10.4. The molecule has 0 bridgehead atoms. The fourth-order valence-corrected chi connectivity index (χ4v) is 3.21. The molecule has 1 rings (SSSR count). The Bertz CT molecular complexity index is 321. The van der Waals surface area contributed by atoms with Gasteiger partial charge in [0.2, 0.25) is 0 Å². The molecule has 0 aromatic heterocycles. The molecule has 1 fully saturated rings. The minimum atomic E-state index is -0.731. The molecule has 0 aromatic carbocycles. The van der Waals surface area contributed by atoms with Crippen molar-refractivity contribution in [3.05, 3.63) is 0 Å². The van der Waals surface area contributed by atoms with E-state index in [1.807, 2.05) is 0 Å². The Balaban J connectivity index is 2.08. The summed E-state index contributed by atoms with van der Waals surface area (Å²) in [6.45, 7) is 2.15. The Kier molecular flexibility index (Phi) is 10.5. The highest BCUT2D eigenvalue weighted by atomic mass is 16.5. The van der Waals surface area contributed by atoms with E-state index in [1.54, 1.807) is 0 Å². The van der Waals surface area contributed by atoms with Crippen LogP contribution < -0.4 is 0 Å². The number of unbranched alkanes of at least 4 members (excludes halogenated alkanes) is 6. The summed E-state index contributed by atoms with van der Waals surface area (Å²) in [7, 11) is 0. The van der Waals surface area contributed by atoms with Crippen molar-refractivity contribution in [2.75, 3.05) is 0 Å². The summed E-state index contributed by atoms with van der Waals surface area (Å²) in [6.07, 6.45) is 9.04. The Morgan fingerprint density at radius 3 is 2.52 bits per heavy atom. The molecule has 0 radical (unpaired) electrons. The molecule has 3 N–H and O–H groups in total. The van der Waals surface area contributed by atoms with Crippen LogP contribution in [0.4, 0.5) is 0 Å². The average Bonchev–Trinajstić information content (AvgIpc) is 2.87. The minimum Gasteiger partial charge on any atom is -0.481 e. The zero-order valence-corrected chi connectivity index (χ0v) is 14.5. The van der Waals surface area contributed by atoms with E-state index >= 15 is 0 Å². The molecule has 5 nitrogen and oxygen atoms in total. The first-order chi connectivity index (χ1) is 11.0. The van der Waals surface area contributed by atoms with Crippen LogP contribution in [0, 0.1) is 0 Å². The van der Waals surface area contributed by atoms with Crippen LogP contribution in [0.25, 0.3) is 0 Å². The number of aliphatic hydroxyl groups excluding tert-OH is 2. The van der Waals surface area contributed by atoms with Gasteiger partial charge in [-0.2, -0.15) is 0 Å². The van der Waals surface area contributed by atoms with Crippen LogP contribution in [0.3, 0.4) is 0 Å². The number of rotatable bonds is 13. The lowest BCUT2D eigenvalue weighted by Gasteiger charge is -2.19. The largest absolute Gasteiger partial charge is 0.481 e. The Morgan fingerprint density at radius 2 is 1.83 bits per heavy atom. The summed E-state index contributed by atoms with van der Waals surface area (Å²) >= 11 is 0. The highest BCUT2D eigenvalue weighted by Crippen LogP contribution is 2.28. The van der Waals surface area contributed by atoms with Crippen molar-refractivity contribution >= 4 is 5.97 Å². The van der Waals surface area contributed by atoms with E-state index in [2.05, 4.69) is 6.92 Å². The van der Waals surface area contributed by atoms with Crippen LogP contribution >= 0.6 is 0 Å². The van der Waals surface area contributed by atoms with Gasteiger partial charge >= 0.3 is 5.97 Å². The molecule has 0 saturated carbocycles. The molecule has 0 amide bonds. The maximum atomic E-state index is 10.4. The van der Waals surface area contributed by atoms with Crippen molar-refractivity contribution in [2.24, 2.45) is 0 Å². The van der Waals surface area contributed by atoms with Gasteiger partial charge in [-0.25, -0.2) is 0 Å². The van der Waals surface area contributed by atoms with Gasteiger partial charge in [0.25, 0.3) is 0 Å². The molecule has 1 aliphatic heterocycles. The van der Waals surface area contributed by atoms with Gasteiger partial charge in [-0.1, -0.05) is 51.9 Å². The van der Waals surface area contributed by atoms with Gasteiger partial charge < -0.3 is 20.1 Å². The Hall–Kier alpha value is -0.650.